The van der Waals surface area contributed by atoms with E-state index < -0.39 is 76.7 Å². The number of thioether (sulfide) groups is 1. The predicted octanol–water partition coefficient (Wildman–Crippen LogP) is -1.26. The van der Waals surface area contributed by atoms with Crippen molar-refractivity contribution in [1.82, 2.24) is 26.6 Å². The average Bonchev–Trinajstić information content (AvgIpc) is 3.04. The number of benzene rings is 1. The lowest BCUT2D eigenvalue weighted by Crippen LogP contribution is -2.62. The van der Waals surface area contributed by atoms with Gasteiger partial charge in [0.15, 0.2) is 0 Å². The topological polar surface area (TPSA) is 278 Å². The first-order valence-corrected chi connectivity index (χ1v) is 17.3. The number of nitrogens with two attached hydrogens (primary N) is 2. The second-order valence-corrected chi connectivity index (χ2v) is 13.3. The zero-order chi connectivity index (χ0) is 36.7. The second-order valence-electron chi connectivity index (χ2n) is 12.2. The fraction of sp³-hybridized carbons (Fsp3) is 0.613. The number of carbonyl (C=O) groups is 6. The van der Waals surface area contributed by atoms with E-state index in [0.29, 0.717) is 17.7 Å². The third-order valence-electron chi connectivity index (χ3n) is 7.77. The van der Waals surface area contributed by atoms with Gasteiger partial charge in [0.25, 0.3) is 5.69 Å². The first kappa shape index (κ1) is 40.9. The minimum Gasteiger partial charge on any atom is -0.391 e. The molecule has 49 heavy (non-hydrogen) atoms. The molecule has 2 rings (SSSR count). The highest BCUT2D eigenvalue weighted by Gasteiger charge is 2.35. The zero-order valence-corrected chi connectivity index (χ0v) is 28.8. The van der Waals surface area contributed by atoms with Crippen molar-refractivity contribution < 1.29 is 38.8 Å². The minimum atomic E-state index is -1.56. The Labute approximate surface area is 289 Å². The van der Waals surface area contributed by atoms with Gasteiger partial charge in [0, 0.05) is 30.7 Å². The maximum Gasteiger partial charge on any atom is 0.269 e. The Morgan fingerprint density at radius 1 is 1.00 bits per heavy atom. The molecule has 6 amide bonds. The van der Waals surface area contributed by atoms with Crippen LogP contribution in [0.2, 0.25) is 0 Å². The lowest BCUT2D eigenvalue weighted by atomic mass is 10.0. The maximum absolute atomic E-state index is 13.5. The van der Waals surface area contributed by atoms with E-state index in [-0.39, 0.29) is 43.2 Å². The molecule has 0 bridgehead atoms. The van der Waals surface area contributed by atoms with Crippen molar-refractivity contribution in [2.24, 2.45) is 17.4 Å². The number of hydrogen-bond donors (Lipinski definition) is 8. The van der Waals surface area contributed by atoms with E-state index in [0.717, 1.165) is 12.8 Å². The lowest BCUT2D eigenvalue weighted by molar-refractivity contribution is -0.384. The van der Waals surface area contributed by atoms with Crippen LogP contribution in [0.4, 0.5) is 5.69 Å². The van der Waals surface area contributed by atoms with Gasteiger partial charge in [0.05, 0.1) is 11.0 Å². The molecule has 0 radical (unpaired) electrons. The van der Waals surface area contributed by atoms with Crippen molar-refractivity contribution in [2.45, 2.75) is 95.6 Å². The summed E-state index contributed by atoms with van der Waals surface area (Å²) in [5.74, 6) is -3.85. The molecular weight excluding hydrogens is 660 g/mol. The quantitative estimate of drug-likeness (QED) is 0.0834. The summed E-state index contributed by atoms with van der Waals surface area (Å²) in [6.45, 7) is 4.67. The van der Waals surface area contributed by atoms with Gasteiger partial charge in [-0.3, -0.25) is 38.9 Å². The van der Waals surface area contributed by atoms with Crippen LogP contribution in [0.5, 0.6) is 0 Å². The van der Waals surface area contributed by atoms with Gasteiger partial charge in [0.2, 0.25) is 35.4 Å². The van der Waals surface area contributed by atoms with Gasteiger partial charge in [0.1, 0.15) is 30.2 Å². The smallest absolute Gasteiger partial charge is 0.269 e. The molecule has 0 aliphatic carbocycles. The number of aliphatic hydroxyl groups is 1. The summed E-state index contributed by atoms with van der Waals surface area (Å²) in [5, 5.41) is 34.2. The number of rotatable bonds is 14. The van der Waals surface area contributed by atoms with Crippen molar-refractivity contribution >= 4 is 52.9 Å². The van der Waals surface area contributed by atoms with Crippen LogP contribution in [0, 0.1) is 16.0 Å². The number of nitrogens with one attached hydrogen (secondary N) is 5. The molecule has 1 saturated heterocycles. The van der Waals surface area contributed by atoms with E-state index in [1.54, 1.807) is 13.8 Å². The maximum atomic E-state index is 13.5. The number of nitro benzene ring substituents is 1. The molecule has 1 heterocycles. The molecule has 272 valence electrons. The van der Waals surface area contributed by atoms with Gasteiger partial charge in [-0.1, -0.05) is 32.4 Å². The molecule has 0 saturated carbocycles. The van der Waals surface area contributed by atoms with Crippen LogP contribution in [0.15, 0.2) is 24.3 Å². The van der Waals surface area contributed by atoms with E-state index >= 15 is 0 Å². The van der Waals surface area contributed by atoms with Gasteiger partial charge in [-0.2, -0.15) is 11.8 Å². The molecular formula is C31H48N8O9S. The Kier molecular flexibility index (Phi) is 16.9. The van der Waals surface area contributed by atoms with Gasteiger partial charge >= 0.3 is 0 Å². The number of non-ortho nitro benzene ring substituents is 1. The van der Waals surface area contributed by atoms with Crippen LogP contribution in [0.3, 0.4) is 0 Å². The first-order valence-electron chi connectivity index (χ1n) is 16.1. The van der Waals surface area contributed by atoms with Crippen molar-refractivity contribution in [3.05, 3.63) is 39.9 Å². The Bertz CT molecular complexity index is 1330. The van der Waals surface area contributed by atoms with Crippen molar-refractivity contribution in [3.63, 3.8) is 0 Å². The highest BCUT2D eigenvalue weighted by Crippen LogP contribution is 2.15. The van der Waals surface area contributed by atoms with Crippen LogP contribution < -0.4 is 38.1 Å². The molecule has 18 heteroatoms. The van der Waals surface area contributed by atoms with Gasteiger partial charge in [-0.05, 0) is 50.0 Å². The molecule has 0 aromatic heterocycles. The first-order chi connectivity index (χ1) is 23.1. The van der Waals surface area contributed by atoms with E-state index in [9.17, 15) is 44.0 Å². The Hall–Kier alpha value is -4.29. The summed E-state index contributed by atoms with van der Waals surface area (Å²) in [6.07, 6.45) is 1.12. The molecule has 1 aliphatic heterocycles. The van der Waals surface area contributed by atoms with Crippen LogP contribution in [-0.2, 0) is 35.2 Å². The summed E-state index contributed by atoms with van der Waals surface area (Å²) in [6, 6.07) is -0.797. The number of aliphatic hydroxyl groups excluding tert-OH is 1. The normalized spacial score (nSPS) is 20.0. The summed E-state index contributed by atoms with van der Waals surface area (Å²) in [5.41, 5.74) is 11.4. The second kappa shape index (κ2) is 20.3. The Balaban J connectivity index is 2.18. The minimum absolute atomic E-state index is 0.120. The standard InChI is InChI=1S/C31H48N8O9S/c1-17(2)25(37-29(44)23-16-49-14-6-4-5-7-24(41)34-21(12-13-32)28(43)36-23)30(45)38-26(18(3)40)31(46)35-22(27(33)42)15-19-8-10-20(11-9-19)39(47)48/h8-11,17-18,21-23,25-26,40H,4-7,12-16,32H2,1-3H3,(H2,33,42)(H,34,41)(H,35,46)(H,36,43)(H,37,44)(H,38,45)/t18-,21?,22+,23?,25+,26+/m1/s1. The Morgan fingerprint density at radius 3 is 2.22 bits per heavy atom. The molecule has 2 unspecified atom stereocenters. The number of primary amides is 1. The van der Waals surface area contributed by atoms with Crippen LogP contribution in [0.25, 0.3) is 0 Å². The van der Waals surface area contributed by atoms with E-state index in [1.165, 1.54) is 43.0 Å². The van der Waals surface area contributed by atoms with Crippen molar-refractivity contribution in [3.8, 4) is 0 Å². The SMILES string of the molecule is CC(C)[C@H](NC(=O)C1CSCCCCCC(=O)NC(CCN)C(=O)N1)C(=O)N[C@H](C(=O)N[C@@H](Cc1ccc([N+](=O)[O-])cc1)C(N)=O)[C@@H](C)O. The number of amides is 6. The monoisotopic (exact) mass is 708 g/mol. The molecule has 1 fully saturated rings. The Morgan fingerprint density at radius 2 is 1.65 bits per heavy atom. The highest BCUT2D eigenvalue weighted by molar-refractivity contribution is 7.99. The predicted molar refractivity (Wildman–Crippen MR) is 182 cm³/mol. The third kappa shape index (κ3) is 13.6. The summed E-state index contributed by atoms with van der Waals surface area (Å²) >= 11 is 1.44. The third-order valence-corrected chi connectivity index (χ3v) is 8.92. The number of carbonyl (C=O) groups excluding carboxylic acids is 6. The van der Waals surface area contributed by atoms with Gasteiger partial charge in [-0.25, -0.2) is 0 Å². The number of nitrogens with zero attached hydrogens (tertiary/aromatic N) is 1. The largest absolute Gasteiger partial charge is 0.391 e. The zero-order valence-electron chi connectivity index (χ0n) is 27.9. The van der Waals surface area contributed by atoms with Crippen LogP contribution in [-0.4, -0.2) is 99.8 Å². The van der Waals surface area contributed by atoms with Gasteiger partial charge < -0.3 is 43.2 Å². The molecule has 1 aliphatic rings. The van der Waals surface area contributed by atoms with Crippen LogP contribution in [0.1, 0.15) is 58.4 Å². The average molecular weight is 709 g/mol. The van der Waals surface area contributed by atoms with Gasteiger partial charge in [-0.15, -0.1) is 0 Å². The molecule has 10 N–H and O–H groups in total. The lowest BCUT2D eigenvalue weighted by Gasteiger charge is -2.29. The fourth-order valence-electron chi connectivity index (χ4n) is 4.94. The van der Waals surface area contributed by atoms with Crippen molar-refractivity contribution in [1.29, 1.82) is 0 Å². The summed E-state index contributed by atoms with van der Waals surface area (Å²) < 4.78 is 0. The molecule has 1 aromatic carbocycles. The molecule has 17 nitrogen and oxygen atoms in total. The van der Waals surface area contributed by atoms with Crippen molar-refractivity contribution in [2.75, 3.05) is 18.1 Å². The number of nitro groups is 1. The summed E-state index contributed by atoms with van der Waals surface area (Å²) in [4.78, 5) is 88.3. The van der Waals surface area contributed by atoms with E-state index in [2.05, 4.69) is 26.6 Å². The van der Waals surface area contributed by atoms with E-state index in [1.807, 2.05) is 0 Å². The van der Waals surface area contributed by atoms with Crippen LogP contribution >= 0.6 is 11.8 Å². The molecule has 6 atom stereocenters. The molecule has 0 spiro atoms. The summed E-state index contributed by atoms with van der Waals surface area (Å²) in [7, 11) is 0. The van der Waals surface area contributed by atoms with E-state index in [4.69, 9.17) is 11.5 Å². The number of hydrogen-bond acceptors (Lipinski definition) is 11. The highest BCUT2D eigenvalue weighted by atomic mass is 32.2. The molecule has 1 aromatic rings. The fourth-order valence-corrected chi connectivity index (χ4v) is 5.98.